The summed E-state index contributed by atoms with van der Waals surface area (Å²) < 4.78 is 5.37. The van der Waals surface area contributed by atoms with Gasteiger partial charge in [-0.1, -0.05) is 29.4 Å². The molecule has 6 nitrogen and oxygen atoms in total. The zero-order chi connectivity index (χ0) is 16.2. The number of nitrogens with zero attached hydrogens (tertiary/aromatic N) is 2. The second-order valence-electron chi connectivity index (χ2n) is 4.44. The molecule has 0 amide bonds. The van der Waals surface area contributed by atoms with Crippen molar-refractivity contribution < 1.29 is 14.3 Å². The van der Waals surface area contributed by atoms with E-state index in [9.17, 15) is 9.90 Å². The normalized spacial score (nSPS) is 11.6. The second kappa shape index (κ2) is 6.72. The van der Waals surface area contributed by atoms with E-state index >= 15 is 0 Å². The lowest BCUT2D eigenvalue weighted by molar-refractivity contribution is 0.103. The van der Waals surface area contributed by atoms with E-state index in [1.54, 1.807) is 18.2 Å². The fourth-order valence-corrected chi connectivity index (χ4v) is 2.85. The Bertz CT molecular complexity index is 858. The van der Waals surface area contributed by atoms with E-state index in [2.05, 4.69) is 15.2 Å². The van der Waals surface area contributed by atoms with Crippen LogP contribution in [0.5, 0.6) is 0 Å². The monoisotopic (exact) mass is 347 g/mol. The molecule has 3 aromatic rings. The van der Waals surface area contributed by atoms with Crippen molar-refractivity contribution >= 4 is 34.9 Å². The number of carbonyl (C=O) groups excluding carboxylic acids is 1. The molecule has 0 aliphatic carbocycles. The highest BCUT2D eigenvalue weighted by Gasteiger charge is 2.11. The Morgan fingerprint density at radius 1 is 1.39 bits per heavy atom. The summed E-state index contributed by atoms with van der Waals surface area (Å²) in [6.45, 7) is 0. The Labute approximate surface area is 140 Å². The molecular formula is C15H10ClN3O3S. The molecule has 2 aromatic heterocycles. The maximum atomic E-state index is 11.8. The average molecular weight is 348 g/mol. The van der Waals surface area contributed by atoms with Gasteiger partial charge >= 0.3 is 0 Å². The largest absolute Gasteiger partial charge is 0.507 e. The lowest BCUT2D eigenvalue weighted by Gasteiger charge is -1.97. The van der Waals surface area contributed by atoms with Gasteiger partial charge in [-0.3, -0.25) is 9.89 Å². The number of carbonyl (C=O) groups is 1. The first-order valence-electron chi connectivity index (χ1n) is 6.44. The number of rotatable bonds is 5. The average Bonchev–Trinajstić information content (AvgIpc) is 3.18. The molecule has 8 heteroatoms. The molecule has 0 saturated heterocycles. The third-order valence-electron chi connectivity index (χ3n) is 2.80. The van der Waals surface area contributed by atoms with E-state index < -0.39 is 5.78 Å². The summed E-state index contributed by atoms with van der Waals surface area (Å²) in [6, 6.07) is 8.94. The van der Waals surface area contributed by atoms with Crippen LogP contribution in [0.4, 0.5) is 0 Å². The van der Waals surface area contributed by atoms with Crippen LogP contribution in [-0.4, -0.2) is 26.1 Å². The van der Waals surface area contributed by atoms with Gasteiger partial charge in [-0.25, -0.2) is 4.98 Å². The number of ketones is 1. The predicted molar refractivity (Wildman–Crippen MR) is 85.6 cm³/mol. The van der Waals surface area contributed by atoms with Gasteiger partial charge < -0.3 is 9.52 Å². The molecular weight excluding hydrogens is 338 g/mol. The molecule has 0 saturated carbocycles. The van der Waals surface area contributed by atoms with Gasteiger partial charge in [0, 0.05) is 22.1 Å². The van der Waals surface area contributed by atoms with Gasteiger partial charge in [0.25, 0.3) is 0 Å². The number of halogens is 1. The van der Waals surface area contributed by atoms with Gasteiger partial charge in [-0.15, -0.1) is 0 Å². The lowest BCUT2D eigenvalue weighted by atomic mass is 10.2. The van der Waals surface area contributed by atoms with Gasteiger partial charge in [0.1, 0.15) is 18.3 Å². The summed E-state index contributed by atoms with van der Waals surface area (Å²) >= 11 is 7.28. The standard InChI is InChI=1S/C15H10ClN3O3S/c16-10-2-1-3-11(5-10)23-14-4-9(7-22-14)12(20)6-13(21)15-17-8-18-19-15/h1-8,20H,(H,17,18,19). The Morgan fingerprint density at radius 3 is 3.00 bits per heavy atom. The Morgan fingerprint density at radius 2 is 2.26 bits per heavy atom. The van der Waals surface area contributed by atoms with E-state index in [4.69, 9.17) is 16.0 Å². The van der Waals surface area contributed by atoms with E-state index in [0.717, 1.165) is 11.0 Å². The molecule has 0 radical (unpaired) electrons. The van der Waals surface area contributed by atoms with Crippen LogP contribution in [0, 0.1) is 0 Å². The molecule has 3 rings (SSSR count). The number of aliphatic hydroxyl groups excluding tert-OH is 1. The molecule has 1 aromatic carbocycles. The summed E-state index contributed by atoms with van der Waals surface area (Å²) in [7, 11) is 0. The van der Waals surface area contributed by atoms with E-state index in [1.807, 2.05) is 12.1 Å². The van der Waals surface area contributed by atoms with Crippen molar-refractivity contribution in [3.05, 3.63) is 65.4 Å². The third kappa shape index (κ3) is 3.82. The van der Waals surface area contributed by atoms with Gasteiger partial charge in [0.05, 0.1) is 5.56 Å². The maximum Gasteiger partial charge on any atom is 0.226 e. The molecule has 0 spiro atoms. The lowest BCUT2D eigenvalue weighted by Crippen LogP contribution is -1.98. The molecule has 116 valence electrons. The smallest absolute Gasteiger partial charge is 0.226 e. The van der Waals surface area contributed by atoms with Crippen LogP contribution < -0.4 is 0 Å². The summed E-state index contributed by atoms with van der Waals surface area (Å²) in [5.74, 6) is -0.646. The first-order chi connectivity index (χ1) is 11.1. The fourth-order valence-electron chi connectivity index (χ4n) is 1.75. The van der Waals surface area contributed by atoms with Crippen molar-refractivity contribution in [2.45, 2.75) is 9.99 Å². The number of benzene rings is 1. The van der Waals surface area contributed by atoms with Crippen molar-refractivity contribution in [1.82, 2.24) is 15.2 Å². The van der Waals surface area contributed by atoms with Crippen molar-refractivity contribution in [3.8, 4) is 0 Å². The zero-order valence-electron chi connectivity index (χ0n) is 11.6. The molecule has 0 unspecified atom stereocenters. The highest BCUT2D eigenvalue weighted by atomic mass is 35.5. The predicted octanol–water partition coefficient (Wildman–Crippen LogP) is 3.98. The molecule has 0 aliphatic heterocycles. The van der Waals surface area contributed by atoms with Crippen LogP contribution in [0.2, 0.25) is 5.02 Å². The number of aromatic amines is 1. The molecule has 2 heterocycles. The van der Waals surface area contributed by atoms with Crippen LogP contribution in [0.3, 0.4) is 0 Å². The minimum Gasteiger partial charge on any atom is -0.507 e. The quantitative estimate of drug-likeness (QED) is 0.412. The number of nitrogens with one attached hydrogen (secondary N) is 1. The number of allylic oxidation sites excluding steroid dienone is 1. The first-order valence-corrected chi connectivity index (χ1v) is 7.64. The van der Waals surface area contributed by atoms with Crippen LogP contribution in [-0.2, 0) is 0 Å². The van der Waals surface area contributed by atoms with Gasteiger partial charge in [-0.05, 0) is 18.2 Å². The minimum atomic E-state index is -0.481. The summed E-state index contributed by atoms with van der Waals surface area (Å²) in [6.07, 6.45) is 3.64. The summed E-state index contributed by atoms with van der Waals surface area (Å²) in [4.78, 5) is 16.4. The van der Waals surface area contributed by atoms with Gasteiger partial charge in [0.15, 0.2) is 10.9 Å². The summed E-state index contributed by atoms with van der Waals surface area (Å²) in [5.41, 5.74) is 0.391. The van der Waals surface area contributed by atoms with Crippen LogP contribution in [0.1, 0.15) is 16.2 Å². The number of aromatic nitrogens is 3. The van der Waals surface area contributed by atoms with Crippen LogP contribution >= 0.6 is 23.4 Å². The molecule has 2 N–H and O–H groups in total. The molecule has 0 fully saturated rings. The number of H-pyrrole nitrogens is 1. The minimum absolute atomic E-state index is 0.0496. The van der Waals surface area contributed by atoms with Crippen molar-refractivity contribution in [1.29, 1.82) is 0 Å². The zero-order valence-corrected chi connectivity index (χ0v) is 13.1. The molecule has 0 bridgehead atoms. The second-order valence-corrected chi connectivity index (χ2v) is 5.96. The van der Waals surface area contributed by atoms with Crippen LogP contribution in [0.25, 0.3) is 5.76 Å². The maximum absolute atomic E-state index is 11.8. The van der Waals surface area contributed by atoms with Crippen molar-refractivity contribution in [2.75, 3.05) is 0 Å². The highest BCUT2D eigenvalue weighted by Crippen LogP contribution is 2.31. The Kier molecular flexibility index (Phi) is 4.50. The Balaban J connectivity index is 1.75. The number of furan rings is 1. The fraction of sp³-hybridized carbons (Fsp3) is 0. The Hall–Kier alpha value is -2.51. The highest BCUT2D eigenvalue weighted by molar-refractivity contribution is 7.99. The van der Waals surface area contributed by atoms with Gasteiger partial charge in [0.2, 0.25) is 5.78 Å². The van der Waals surface area contributed by atoms with E-state index in [0.29, 0.717) is 15.7 Å². The SMILES string of the molecule is O=C(C=C(O)c1coc(Sc2cccc(Cl)c2)c1)c1ncn[nH]1. The molecule has 0 atom stereocenters. The number of aliphatic hydroxyl groups is 1. The summed E-state index contributed by atoms with van der Waals surface area (Å²) in [5, 5.41) is 17.2. The van der Waals surface area contributed by atoms with E-state index in [1.165, 1.54) is 24.4 Å². The number of hydrogen-bond acceptors (Lipinski definition) is 6. The van der Waals surface area contributed by atoms with Crippen LogP contribution in [0.15, 0.2) is 63.4 Å². The van der Waals surface area contributed by atoms with Crippen molar-refractivity contribution in [2.24, 2.45) is 0 Å². The molecule has 0 aliphatic rings. The number of hydrogen-bond donors (Lipinski definition) is 2. The van der Waals surface area contributed by atoms with E-state index in [-0.39, 0.29) is 11.6 Å². The third-order valence-corrected chi connectivity index (χ3v) is 3.94. The van der Waals surface area contributed by atoms with Crippen molar-refractivity contribution in [3.63, 3.8) is 0 Å². The first kappa shape index (κ1) is 15.4. The molecule has 23 heavy (non-hydrogen) atoms. The topological polar surface area (TPSA) is 92.0 Å². The van der Waals surface area contributed by atoms with Gasteiger partial charge in [-0.2, -0.15) is 5.10 Å².